The molecule has 0 aromatic rings. The highest BCUT2D eigenvalue weighted by Crippen LogP contribution is 2.30. The predicted octanol–water partition coefficient (Wildman–Crippen LogP) is 0.380. The lowest BCUT2D eigenvalue weighted by Gasteiger charge is -2.29. The van der Waals surface area contributed by atoms with Crippen LogP contribution in [0.2, 0.25) is 0 Å². The van der Waals surface area contributed by atoms with E-state index in [2.05, 4.69) is 6.92 Å². The lowest BCUT2D eigenvalue weighted by Crippen LogP contribution is -2.35. The van der Waals surface area contributed by atoms with Crippen LogP contribution < -0.4 is 0 Å². The summed E-state index contributed by atoms with van der Waals surface area (Å²) in [5.74, 6) is -2.10. The van der Waals surface area contributed by atoms with Crippen molar-refractivity contribution in [2.75, 3.05) is 13.2 Å². The van der Waals surface area contributed by atoms with Crippen molar-refractivity contribution in [3.63, 3.8) is 0 Å². The summed E-state index contributed by atoms with van der Waals surface area (Å²) < 4.78 is 10.7. The Labute approximate surface area is 147 Å². The molecule has 1 rings (SSSR count). The molecular formula is C17H30O8. The van der Waals surface area contributed by atoms with Gasteiger partial charge in [-0.3, -0.25) is 0 Å². The summed E-state index contributed by atoms with van der Waals surface area (Å²) in [7, 11) is 0. The Morgan fingerprint density at radius 1 is 1.20 bits per heavy atom. The van der Waals surface area contributed by atoms with Gasteiger partial charge in [0.15, 0.2) is 11.9 Å². The van der Waals surface area contributed by atoms with Crippen LogP contribution in [-0.2, 0) is 14.3 Å². The zero-order valence-electron chi connectivity index (χ0n) is 14.8. The lowest BCUT2D eigenvalue weighted by molar-refractivity contribution is -0.148. The maximum Gasteiger partial charge on any atom is 0.378 e. The van der Waals surface area contributed by atoms with Gasteiger partial charge in [0.2, 0.25) is 5.76 Å². The first-order valence-corrected chi connectivity index (χ1v) is 8.74. The quantitative estimate of drug-likeness (QED) is 0.248. The van der Waals surface area contributed by atoms with Gasteiger partial charge in [-0.2, -0.15) is 0 Å². The third-order valence-electron chi connectivity index (χ3n) is 4.32. The molecule has 0 fully saturated rings. The summed E-state index contributed by atoms with van der Waals surface area (Å²) >= 11 is 0. The minimum atomic E-state index is -1.40. The second-order valence-corrected chi connectivity index (χ2v) is 6.49. The Bertz CT molecular complexity index is 450. The molecule has 0 spiro atoms. The molecule has 25 heavy (non-hydrogen) atoms. The first-order chi connectivity index (χ1) is 11.8. The Kier molecular flexibility index (Phi) is 9.20. The number of aliphatic hydroxyl groups is 5. The van der Waals surface area contributed by atoms with Gasteiger partial charge in [-0.05, 0) is 25.2 Å². The molecule has 3 unspecified atom stereocenters. The normalized spacial score (nSPS) is 22.5. The number of hydrogen-bond acceptors (Lipinski definition) is 8. The summed E-state index contributed by atoms with van der Waals surface area (Å²) in [6.45, 7) is 2.87. The van der Waals surface area contributed by atoms with Crippen LogP contribution in [0.5, 0.6) is 0 Å². The molecule has 5 N–H and O–H groups in total. The zero-order valence-corrected chi connectivity index (χ0v) is 14.8. The Morgan fingerprint density at radius 3 is 2.44 bits per heavy atom. The van der Waals surface area contributed by atoms with Crippen molar-refractivity contribution in [3.8, 4) is 0 Å². The van der Waals surface area contributed by atoms with E-state index in [4.69, 9.17) is 19.7 Å². The standard InChI is InChI=1S/C17H30O8/c1-3-4-5-6-13(10(2)7-11(20)8-18)24-16-14(22)17(23)25-15(16)12(21)9-19/h10-13,15,18-22H,3-9H2,1-2H3/t10?,11?,12-,13?,15+/m0/s1. The van der Waals surface area contributed by atoms with E-state index in [0.717, 1.165) is 19.3 Å². The molecule has 1 heterocycles. The molecule has 146 valence electrons. The molecule has 5 atom stereocenters. The van der Waals surface area contributed by atoms with Crippen LogP contribution in [0.15, 0.2) is 11.5 Å². The molecule has 0 radical (unpaired) electrons. The maximum absolute atomic E-state index is 11.6. The van der Waals surface area contributed by atoms with E-state index in [9.17, 15) is 20.1 Å². The van der Waals surface area contributed by atoms with Crippen LogP contribution in [0.1, 0.15) is 46.0 Å². The molecule has 8 heteroatoms. The molecule has 0 bridgehead atoms. The van der Waals surface area contributed by atoms with Gasteiger partial charge in [0.1, 0.15) is 12.2 Å². The third-order valence-corrected chi connectivity index (χ3v) is 4.32. The fourth-order valence-electron chi connectivity index (χ4n) is 2.81. The molecule has 0 aromatic heterocycles. The zero-order chi connectivity index (χ0) is 19.0. The van der Waals surface area contributed by atoms with Gasteiger partial charge in [-0.15, -0.1) is 0 Å². The molecule has 0 aliphatic carbocycles. The summed E-state index contributed by atoms with van der Waals surface area (Å²) in [5, 5.41) is 47.5. The van der Waals surface area contributed by atoms with Crippen LogP contribution in [-0.4, -0.2) is 69.1 Å². The van der Waals surface area contributed by atoms with E-state index in [1.165, 1.54) is 0 Å². The first-order valence-electron chi connectivity index (χ1n) is 8.74. The van der Waals surface area contributed by atoms with Gasteiger partial charge in [0.25, 0.3) is 0 Å². The van der Waals surface area contributed by atoms with Crippen molar-refractivity contribution in [3.05, 3.63) is 11.5 Å². The van der Waals surface area contributed by atoms with E-state index in [-0.39, 0.29) is 24.7 Å². The molecule has 0 saturated heterocycles. The molecule has 1 aliphatic heterocycles. The lowest BCUT2D eigenvalue weighted by atomic mass is 9.93. The number of carbonyl (C=O) groups is 1. The number of cyclic esters (lactones) is 1. The molecule has 8 nitrogen and oxygen atoms in total. The van der Waals surface area contributed by atoms with Gasteiger partial charge >= 0.3 is 5.97 Å². The Morgan fingerprint density at radius 2 is 1.88 bits per heavy atom. The number of aliphatic hydroxyl groups excluding tert-OH is 5. The van der Waals surface area contributed by atoms with Gasteiger partial charge in [-0.25, -0.2) is 4.79 Å². The monoisotopic (exact) mass is 362 g/mol. The second kappa shape index (κ2) is 10.6. The highest BCUT2D eigenvalue weighted by atomic mass is 16.6. The van der Waals surface area contributed by atoms with Crippen molar-refractivity contribution in [1.82, 2.24) is 0 Å². The van der Waals surface area contributed by atoms with Crippen molar-refractivity contribution < 1.29 is 39.8 Å². The maximum atomic E-state index is 11.6. The number of unbranched alkanes of at least 4 members (excludes halogenated alkanes) is 2. The van der Waals surface area contributed by atoms with E-state index in [1.54, 1.807) is 0 Å². The van der Waals surface area contributed by atoms with Crippen molar-refractivity contribution in [2.45, 2.75) is 70.4 Å². The fourth-order valence-corrected chi connectivity index (χ4v) is 2.81. The van der Waals surface area contributed by atoms with Crippen LogP contribution in [0.3, 0.4) is 0 Å². The molecule has 1 aliphatic rings. The van der Waals surface area contributed by atoms with E-state index >= 15 is 0 Å². The number of rotatable bonds is 12. The van der Waals surface area contributed by atoms with Crippen LogP contribution in [0.25, 0.3) is 0 Å². The average molecular weight is 362 g/mol. The van der Waals surface area contributed by atoms with Crippen molar-refractivity contribution in [2.24, 2.45) is 5.92 Å². The Hall–Kier alpha value is -1.35. The summed E-state index contributed by atoms with van der Waals surface area (Å²) in [6, 6.07) is 0. The van der Waals surface area contributed by atoms with Gasteiger partial charge in [-0.1, -0.05) is 26.7 Å². The number of hydrogen-bond donors (Lipinski definition) is 5. The van der Waals surface area contributed by atoms with Crippen LogP contribution in [0, 0.1) is 5.92 Å². The largest absolute Gasteiger partial charge is 0.499 e. The van der Waals surface area contributed by atoms with Crippen LogP contribution >= 0.6 is 0 Å². The smallest absolute Gasteiger partial charge is 0.378 e. The average Bonchev–Trinajstić information content (AvgIpc) is 2.88. The van der Waals surface area contributed by atoms with Gasteiger partial charge in [0, 0.05) is 0 Å². The first kappa shape index (κ1) is 21.7. The number of esters is 1. The number of carbonyl (C=O) groups excluding carboxylic acids is 1. The predicted molar refractivity (Wildman–Crippen MR) is 88.5 cm³/mol. The molecule has 0 aromatic carbocycles. The minimum Gasteiger partial charge on any atom is -0.499 e. The topological polar surface area (TPSA) is 137 Å². The fraction of sp³-hybridized carbons (Fsp3) is 0.824. The molecular weight excluding hydrogens is 332 g/mol. The van der Waals surface area contributed by atoms with Crippen molar-refractivity contribution in [1.29, 1.82) is 0 Å². The summed E-state index contributed by atoms with van der Waals surface area (Å²) in [5.41, 5.74) is 0. The highest BCUT2D eigenvalue weighted by molar-refractivity contribution is 5.89. The van der Waals surface area contributed by atoms with E-state index in [1.807, 2.05) is 6.92 Å². The summed E-state index contributed by atoms with van der Waals surface area (Å²) in [6.07, 6.45) is -0.303. The SMILES string of the molecule is CCCCCC(OC1=C(O)C(=O)O[C@@H]1[C@@H](O)CO)C(C)CC(O)CO. The Balaban J connectivity index is 2.91. The third kappa shape index (κ3) is 6.14. The molecule has 0 amide bonds. The van der Waals surface area contributed by atoms with Gasteiger partial charge < -0.3 is 35.0 Å². The number of ether oxygens (including phenoxy) is 2. The highest BCUT2D eigenvalue weighted by Gasteiger charge is 2.42. The van der Waals surface area contributed by atoms with E-state index in [0.29, 0.717) is 6.42 Å². The van der Waals surface area contributed by atoms with Gasteiger partial charge in [0.05, 0.1) is 19.3 Å². The molecule has 0 saturated carbocycles. The summed E-state index contributed by atoms with van der Waals surface area (Å²) in [4.78, 5) is 11.6. The van der Waals surface area contributed by atoms with Crippen LogP contribution in [0.4, 0.5) is 0 Å². The second-order valence-electron chi connectivity index (χ2n) is 6.49. The minimum absolute atomic E-state index is 0.179. The van der Waals surface area contributed by atoms with Crippen molar-refractivity contribution >= 4 is 5.97 Å². The van der Waals surface area contributed by atoms with E-state index < -0.39 is 42.8 Å².